The van der Waals surface area contributed by atoms with Gasteiger partial charge < -0.3 is 14.6 Å². The van der Waals surface area contributed by atoms with Crippen molar-refractivity contribution in [2.24, 2.45) is 0 Å². The molecule has 1 aromatic heterocycles. The maximum Gasteiger partial charge on any atom is 0.234 e. The zero-order valence-electron chi connectivity index (χ0n) is 15.1. The summed E-state index contributed by atoms with van der Waals surface area (Å²) < 4.78 is 34.0. The van der Waals surface area contributed by atoms with Crippen LogP contribution in [0.3, 0.4) is 0 Å². The maximum atomic E-state index is 13.6. The molecule has 0 aliphatic rings. The highest BCUT2D eigenvalue weighted by Crippen LogP contribution is 2.20. The van der Waals surface area contributed by atoms with Gasteiger partial charge in [-0.2, -0.15) is 0 Å². The molecule has 1 amide bonds. The number of anilines is 1. The van der Waals surface area contributed by atoms with Crippen LogP contribution >= 0.6 is 11.8 Å². The van der Waals surface area contributed by atoms with Crippen molar-refractivity contribution in [2.75, 3.05) is 11.1 Å². The van der Waals surface area contributed by atoms with Crippen molar-refractivity contribution in [1.29, 1.82) is 0 Å². The van der Waals surface area contributed by atoms with Crippen LogP contribution in [-0.4, -0.2) is 26.4 Å². The molecular weight excluding hydrogens is 386 g/mol. The molecule has 6 nitrogen and oxygen atoms in total. The number of thioether (sulfide) groups is 1. The average molecular weight is 404 g/mol. The molecule has 0 atom stereocenters. The summed E-state index contributed by atoms with van der Waals surface area (Å²) in [6.07, 6.45) is 0. The molecule has 1 N–H and O–H groups in total. The van der Waals surface area contributed by atoms with Gasteiger partial charge in [0.15, 0.2) is 11.0 Å². The maximum absolute atomic E-state index is 13.6. The minimum atomic E-state index is -0.488. The normalized spacial score (nSPS) is 10.7. The number of ether oxygens (including phenoxy) is 1. The van der Waals surface area contributed by atoms with Crippen LogP contribution in [0.2, 0.25) is 0 Å². The molecule has 28 heavy (non-hydrogen) atoms. The minimum Gasteiger partial charge on any atom is -0.486 e. The number of carbonyl (C=O) groups is 1. The van der Waals surface area contributed by atoms with Crippen molar-refractivity contribution in [3.63, 3.8) is 0 Å². The molecule has 1 heterocycles. The quantitative estimate of drug-likeness (QED) is 0.577. The van der Waals surface area contributed by atoms with Crippen LogP contribution in [0, 0.1) is 11.6 Å². The molecule has 146 valence electrons. The second-order valence-electron chi connectivity index (χ2n) is 5.70. The lowest BCUT2D eigenvalue weighted by molar-refractivity contribution is -0.113. The predicted octanol–water partition coefficient (Wildman–Crippen LogP) is 3.89. The Balaban J connectivity index is 1.58. The van der Waals surface area contributed by atoms with E-state index in [1.165, 1.54) is 48.2 Å². The van der Waals surface area contributed by atoms with Gasteiger partial charge in [-0.25, -0.2) is 8.78 Å². The van der Waals surface area contributed by atoms with E-state index in [0.717, 1.165) is 0 Å². The highest BCUT2D eigenvalue weighted by atomic mass is 32.2. The number of rotatable bonds is 8. The highest BCUT2D eigenvalue weighted by molar-refractivity contribution is 7.99. The zero-order chi connectivity index (χ0) is 19.9. The van der Waals surface area contributed by atoms with Gasteiger partial charge in [0.25, 0.3) is 0 Å². The van der Waals surface area contributed by atoms with Gasteiger partial charge in [0.2, 0.25) is 5.91 Å². The molecule has 3 aromatic rings. The Labute approximate surface area is 164 Å². The third-order valence-electron chi connectivity index (χ3n) is 3.77. The summed E-state index contributed by atoms with van der Waals surface area (Å²) in [5.41, 5.74) is 0.137. The Morgan fingerprint density at radius 1 is 1.14 bits per heavy atom. The molecule has 0 aliphatic heterocycles. The summed E-state index contributed by atoms with van der Waals surface area (Å²) in [4.78, 5) is 12.1. The summed E-state index contributed by atoms with van der Waals surface area (Å²) in [6, 6.07) is 11.7. The lowest BCUT2D eigenvalue weighted by Gasteiger charge is -2.09. The molecule has 0 spiro atoms. The van der Waals surface area contributed by atoms with Crippen LogP contribution in [0.25, 0.3) is 0 Å². The molecule has 9 heteroatoms. The molecule has 3 rings (SSSR count). The smallest absolute Gasteiger partial charge is 0.234 e. The first-order valence-electron chi connectivity index (χ1n) is 8.54. The van der Waals surface area contributed by atoms with E-state index in [2.05, 4.69) is 15.5 Å². The summed E-state index contributed by atoms with van der Waals surface area (Å²) in [6.45, 7) is 2.68. The standard InChI is InChI=1S/C19H18F2N4O2S/c1-2-25-17(11-27-14-9-7-13(20)8-10-14)23-24-19(25)28-12-18(26)22-16-6-4-3-5-15(16)21/h3-10H,2,11-12H2,1H3,(H,22,26). The van der Waals surface area contributed by atoms with Gasteiger partial charge in [-0.1, -0.05) is 23.9 Å². The lowest BCUT2D eigenvalue weighted by atomic mass is 10.3. The van der Waals surface area contributed by atoms with Crippen molar-refractivity contribution in [3.05, 3.63) is 66.0 Å². The first-order valence-corrected chi connectivity index (χ1v) is 9.53. The van der Waals surface area contributed by atoms with E-state index in [-0.39, 0.29) is 29.8 Å². The molecule has 2 aromatic carbocycles. The van der Waals surface area contributed by atoms with Gasteiger partial charge in [0, 0.05) is 6.54 Å². The van der Waals surface area contributed by atoms with Gasteiger partial charge in [-0.05, 0) is 43.3 Å². The molecular formula is C19H18F2N4O2S. The minimum absolute atomic E-state index is 0.0608. The van der Waals surface area contributed by atoms with E-state index in [1.807, 2.05) is 11.5 Å². The number of carbonyl (C=O) groups excluding carboxylic acids is 1. The van der Waals surface area contributed by atoms with Gasteiger partial charge in [-0.3, -0.25) is 4.79 Å². The third kappa shape index (κ3) is 5.07. The third-order valence-corrected chi connectivity index (χ3v) is 4.74. The van der Waals surface area contributed by atoms with E-state index in [9.17, 15) is 13.6 Å². The van der Waals surface area contributed by atoms with Gasteiger partial charge >= 0.3 is 0 Å². The number of amides is 1. The van der Waals surface area contributed by atoms with Crippen molar-refractivity contribution in [2.45, 2.75) is 25.2 Å². The fraction of sp³-hybridized carbons (Fsp3) is 0.211. The second-order valence-corrected chi connectivity index (χ2v) is 6.64. The first kappa shape index (κ1) is 19.8. The Kier molecular flexibility index (Phi) is 6.59. The zero-order valence-corrected chi connectivity index (χ0v) is 15.9. The van der Waals surface area contributed by atoms with E-state index in [4.69, 9.17) is 4.74 Å². The number of para-hydroxylation sites is 1. The SMILES string of the molecule is CCn1c(COc2ccc(F)cc2)nnc1SCC(=O)Nc1ccccc1F. The van der Waals surface area contributed by atoms with Crippen LogP contribution in [-0.2, 0) is 17.9 Å². The van der Waals surface area contributed by atoms with E-state index in [1.54, 1.807) is 12.1 Å². The number of hydrogen-bond acceptors (Lipinski definition) is 5. The average Bonchev–Trinajstić information content (AvgIpc) is 3.09. The molecule has 0 radical (unpaired) electrons. The van der Waals surface area contributed by atoms with Crippen molar-refractivity contribution in [3.8, 4) is 5.75 Å². The summed E-state index contributed by atoms with van der Waals surface area (Å²) in [5, 5.41) is 11.3. The van der Waals surface area contributed by atoms with Crippen molar-refractivity contribution >= 4 is 23.4 Å². The van der Waals surface area contributed by atoms with Crippen LogP contribution in [0.15, 0.2) is 53.7 Å². The van der Waals surface area contributed by atoms with Crippen LogP contribution in [0.4, 0.5) is 14.5 Å². The topological polar surface area (TPSA) is 69.0 Å². The predicted molar refractivity (Wildman–Crippen MR) is 102 cm³/mol. The largest absolute Gasteiger partial charge is 0.486 e. The Hall–Kier alpha value is -2.94. The van der Waals surface area contributed by atoms with Gasteiger partial charge in [-0.15, -0.1) is 10.2 Å². The fourth-order valence-electron chi connectivity index (χ4n) is 2.41. The first-order chi connectivity index (χ1) is 13.6. The Morgan fingerprint density at radius 3 is 2.61 bits per heavy atom. The number of hydrogen-bond donors (Lipinski definition) is 1. The number of halogens is 2. The highest BCUT2D eigenvalue weighted by Gasteiger charge is 2.14. The van der Waals surface area contributed by atoms with E-state index >= 15 is 0 Å². The van der Waals surface area contributed by atoms with E-state index < -0.39 is 5.82 Å². The lowest BCUT2D eigenvalue weighted by Crippen LogP contribution is -2.15. The molecule has 0 fully saturated rings. The molecule has 0 saturated heterocycles. The summed E-state index contributed by atoms with van der Waals surface area (Å²) in [7, 11) is 0. The number of nitrogens with zero attached hydrogens (tertiary/aromatic N) is 3. The number of nitrogens with one attached hydrogen (secondary N) is 1. The van der Waals surface area contributed by atoms with Crippen molar-refractivity contribution < 1.29 is 18.3 Å². The van der Waals surface area contributed by atoms with Crippen LogP contribution < -0.4 is 10.1 Å². The number of benzene rings is 2. The molecule has 0 saturated carbocycles. The van der Waals surface area contributed by atoms with Crippen molar-refractivity contribution in [1.82, 2.24) is 14.8 Å². The molecule has 0 aliphatic carbocycles. The molecule has 0 unspecified atom stereocenters. The Morgan fingerprint density at radius 2 is 1.89 bits per heavy atom. The second kappa shape index (κ2) is 9.32. The van der Waals surface area contributed by atoms with Gasteiger partial charge in [0.1, 0.15) is 24.0 Å². The molecule has 0 bridgehead atoms. The van der Waals surface area contributed by atoms with Crippen LogP contribution in [0.1, 0.15) is 12.7 Å². The van der Waals surface area contributed by atoms with E-state index in [0.29, 0.717) is 23.3 Å². The van der Waals surface area contributed by atoms with Gasteiger partial charge in [0.05, 0.1) is 11.4 Å². The summed E-state index contributed by atoms with van der Waals surface area (Å²) in [5.74, 6) is -0.000821. The number of aromatic nitrogens is 3. The Bertz CT molecular complexity index is 947. The van der Waals surface area contributed by atoms with Crippen LogP contribution in [0.5, 0.6) is 5.75 Å². The fourth-order valence-corrected chi connectivity index (χ4v) is 3.23. The summed E-state index contributed by atoms with van der Waals surface area (Å²) >= 11 is 1.20. The monoisotopic (exact) mass is 404 g/mol.